The van der Waals surface area contributed by atoms with Gasteiger partial charge in [0.05, 0.1) is 11.6 Å². The summed E-state index contributed by atoms with van der Waals surface area (Å²) < 4.78 is 22.1. The zero-order valence-corrected chi connectivity index (χ0v) is 22.7. The number of fused-ring (bicyclic) bond motifs is 1. The van der Waals surface area contributed by atoms with Crippen LogP contribution in [0, 0.1) is 5.82 Å². The van der Waals surface area contributed by atoms with E-state index in [9.17, 15) is 14.0 Å². The minimum absolute atomic E-state index is 0.0713. The third kappa shape index (κ3) is 6.12. The van der Waals surface area contributed by atoms with Gasteiger partial charge in [0, 0.05) is 45.0 Å². The average molecular weight is 545 g/mol. The molecule has 2 amide bonds. The molecule has 2 heterocycles. The lowest BCUT2D eigenvalue weighted by Gasteiger charge is -2.32. The maximum absolute atomic E-state index is 14.9. The standard InChI is InChI=1S/C30H33FN6O3/c1-35(2)23-15-13-21(14-16-23)29(30(39)32-18-24-9-7-17-40-24)36(19-22-8-3-4-10-25(22)31)28(38)20-37-27-12-6-5-11-26(27)33-34-37/h3-6,8,10-16,24,29H,7,9,17-20H2,1-2H3,(H,32,39)/t24-,29+/m1/s1. The first-order chi connectivity index (χ1) is 19.4. The Hall–Kier alpha value is -4.31. The molecule has 208 valence electrons. The molecule has 0 bridgehead atoms. The van der Waals surface area contributed by atoms with Crippen molar-refractivity contribution in [2.45, 2.75) is 38.1 Å². The molecule has 40 heavy (non-hydrogen) atoms. The van der Waals surface area contributed by atoms with Gasteiger partial charge in [0.15, 0.2) is 0 Å². The predicted octanol–water partition coefficient (Wildman–Crippen LogP) is 3.70. The highest BCUT2D eigenvalue weighted by Gasteiger charge is 2.33. The first-order valence-corrected chi connectivity index (χ1v) is 13.4. The van der Waals surface area contributed by atoms with Gasteiger partial charge < -0.3 is 19.9 Å². The maximum atomic E-state index is 14.9. The average Bonchev–Trinajstić information content (AvgIpc) is 3.63. The molecule has 2 atom stereocenters. The van der Waals surface area contributed by atoms with Gasteiger partial charge in [-0.15, -0.1) is 5.10 Å². The molecule has 0 radical (unpaired) electrons. The molecule has 1 N–H and O–H groups in total. The van der Waals surface area contributed by atoms with Crippen LogP contribution in [0.2, 0.25) is 0 Å². The summed E-state index contributed by atoms with van der Waals surface area (Å²) in [5.74, 6) is -1.21. The molecule has 0 saturated carbocycles. The minimum Gasteiger partial charge on any atom is -0.378 e. The highest BCUT2D eigenvalue weighted by atomic mass is 19.1. The van der Waals surface area contributed by atoms with Crippen molar-refractivity contribution in [1.82, 2.24) is 25.2 Å². The number of anilines is 1. The number of carbonyl (C=O) groups excluding carboxylic acids is 2. The van der Waals surface area contributed by atoms with E-state index in [2.05, 4.69) is 15.6 Å². The van der Waals surface area contributed by atoms with Crippen molar-refractivity contribution >= 4 is 28.5 Å². The summed E-state index contributed by atoms with van der Waals surface area (Å²) in [6, 6.07) is 20.1. The van der Waals surface area contributed by atoms with Gasteiger partial charge in [-0.05, 0) is 48.7 Å². The van der Waals surface area contributed by atoms with Crippen LogP contribution in [0.1, 0.15) is 30.0 Å². The van der Waals surface area contributed by atoms with Crippen molar-refractivity contribution in [3.63, 3.8) is 0 Å². The molecule has 1 fully saturated rings. The minimum atomic E-state index is -1.01. The summed E-state index contributed by atoms with van der Waals surface area (Å²) >= 11 is 0. The fourth-order valence-electron chi connectivity index (χ4n) is 4.93. The number of amides is 2. The fourth-order valence-corrected chi connectivity index (χ4v) is 4.93. The Bertz CT molecular complexity index is 1470. The first-order valence-electron chi connectivity index (χ1n) is 13.4. The molecule has 0 aliphatic carbocycles. The van der Waals surface area contributed by atoms with Gasteiger partial charge in [-0.3, -0.25) is 9.59 Å². The number of para-hydroxylation sites is 1. The van der Waals surface area contributed by atoms with Crippen LogP contribution in [-0.4, -0.2) is 65.1 Å². The van der Waals surface area contributed by atoms with Crippen LogP contribution in [0.3, 0.4) is 0 Å². The number of aromatic nitrogens is 3. The Balaban J connectivity index is 1.52. The molecule has 9 nitrogen and oxygen atoms in total. The molecule has 1 aliphatic heterocycles. The Labute approximate surface area is 232 Å². The van der Waals surface area contributed by atoms with Gasteiger partial charge in [0.2, 0.25) is 11.8 Å². The second-order valence-electron chi connectivity index (χ2n) is 10.1. The molecule has 1 aromatic heterocycles. The van der Waals surface area contributed by atoms with E-state index in [1.165, 1.54) is 15.6 Å². The lowest BCUT2D eigenvalue weighted by Crippen LogP contribution is -2.46. The number of hydrogen-bond donors (Lipinski definition) is 1. The van der Waals surface area contributed by atoms with E-state index in [1.54, 1.807) is 18.2 Å². The van der Waals surface area contributed by atoms with Crippen LogP contribution in [-0.2, 0) is 27.4 Å². The number of nitrogens with zero attached hydrogens (tertiary/aromatic N) is 5. The van der Waals surface area contributed by atoms with Gasteiger partial charge in [-0.25, -0.2) is 9.07 Å². The van der Waals surface area contributed by atoms with E-state index in [-0.39, 0.29) is 25.1 Å². The second kappa shape index (κ2) is 12.3. The van der Waals surface area contributed by atoms with Gasteiger partial charge in [-0.1, -0.05) is 47.7 Å². The summed E-state index contributed by atoms with van der Waals surface area (Å²) in [7, 11) is 3.86. The number of nitrogens with one attached hydrogen (secondary N) is 1. The highest BCUT2D eigenvalue weighted by molar-refractivity contribution is 5.89. The van der Waals surface area contributed by atoms with E-state index in [0.717, 1.165) is 18.5 Å². The summed E-state index contributed by atoms with van der Waals surface area (Å²) in [6.45, 7) is 0.728. The Kier molecular flexibility index (Phi) is 8.35. The molecule has 0 unspecified atom stereocenters. The molecule has 3 aromatic carbocycles. The molecular weight excluding hydrogens is 511 g/mol. The van der Waals surface area contributed by atoms with Gasteiger partial charge >= 0.3 is 0 Å². The second-order valence-corrected chi connectivity index (χ2v) is 10.1. The summed E-state index contributed by atoms with van der Waals surface area (Å²) in [4.78, 5) is 31.3. The molecular formula is C30H33FN6O3. The molecule has 1 aliphatic rings. The van der Waals surface area contributed by atoms with Crippen LogP contribution in [0.4, 0.5) is 10.1 Å². The Morgan fingerprint density at radius 3 is 2.55 bits per heavy atom. The number of ether oxygens (including phenoxy) is 1. The van der Waals surface area contributed by atoms with Gasteiger partial charge in [-0.2, -0.15) is 0 Å². The third-order valence-corrected chi connectivity index (χ3v) is 7.14. The fraction of sp³-hybridized carbons (Fsp3) is 0.333. The van der Waals surface area contributed by atoms with E-state index < -0.39 is 17.8 Å². The SMILES string of the molecule is CN(C)c1ccc([C@@H](C(=O)NC[C@H]2CCCO2)N(Cc2ccccc2F)C(=O)Cn2nnc3ccccc32)cc1. The monoisotopic (exact) mass is 544 g/mol. The van der Waals surface area contributed by atoms with Crippen molar-refractivity contribution in [3.05, 3.63) is 89.7 Å². The largest absolute Gasteiger partial charge is 0.378 e. The van der Waals surface area contributed by atoms with Crippen molar-refractivity contribution < 1.29 is 18.7 Å². The summed E-state index contributed by atoms with van der Waals surface area (Å²) in [5, 5.41) is 11.3. The number of rotatable bonds is 10. The van der Waals surface area contributed by atoms with E-state index >= 15 is 0 Å². The number of benzene rings is 3. The quantitative estimate of drug-likeness (QED) is 0.327. The first kappa shape index (κ1) is 27.3. The van der Waals surface area contributed by atoms with E-state index in [0.29, 0.717) is 35.3 Å². The van der Waals surface area contributed by atoms with Crippen LogP contribution in [0.15, 0.2) is 72.8 Å². The van der Waals surface area contributed by atoms with E-state index in [4.69, 9.17) is 4.74 Å². The predicted molar refractivity (Wildman–Crippen MR) is 150 cm³/mol. The molecule has 1 saturated heterocycles. The smallest absolute Gasteiger partial charge is 0.247 e. The van der Waals surface area contributed by atoms with Crippen LogP contribution < -0.4 is 10.2 Å². The molecule has 4 aromatic rings. The highest BCUT2D eigenvalue weighted by Crippen LogP contribution is 2.27. The normalized spacial score (nSPS) is 15.6. The van der Waals surface area contributed by atoms with Crippen molar-refractivity contribution in [1.29, 1.82) is 0 Å². The Morgan fingerprint density at radius 1 is 1.07 bits per heavy atom. The topological polar surface area (TPSA) is 92.6 Å². The Morgan fingerprint density at radius 2 is 1.82 bits per heavy atom. The lowest BCUT2D eigenvalue weighted by atomic mass is 10.0. The molecule has 10 heteroatoms. The molecule has 0 spiro atoms. The van der Waals surface area contributed by atoms with Crippen molar-refractivity contribution in [2.24, 2.45) is 0 Å². The van der Waals surface area contributed by atoms with Gasteiger partial charge in [0.25, 0.3) is 0 Å². The molecule has 5 rings (SSSR count). The van der Waals surface area contributed by atoms with Crippen LogP contribution >= 0.6 is 0 Å². The maximum Gasteiger partial charge on any atom is 0.247 e. The third-order valence-electron chi connectivity index (χ3n) is 7.14. The van der Waals surface area contributed by atoms with E-state index in [1.807, 2.05) is 67.5 Å². The van der Waals surface area contributed by atoms with Crippen LogP contribution in [0.5, 0.6) is 0 Å². The van der Waals surface area contributed by atoms with Crippen molar-refractivity contribution in [3.8, 4) is 0 Å². The summed E-state index contributed by atoms with van der Waals surface area (Å²) in [6.07, 6.45) is 1.73. The lowest BCUT2D eigenvalue weighted by molar-refractivity contribution is -0.142. The van der Waals surface area contributed by atoms with Crippen molar-refractivity contribution in [2.75, 3.05) is 32.1 Å². The number of hydrogen-bond acceptors (Lipinski definition) is 6. The summed E-state index contributed by atoms with van der Waals surface area (Å²) in [5.41, 5.74) is 3.21. The van der Waals surface area contributed by atoms with Gasteiger partial charge in [0.1, 0.15) is 23.9 Å². The van der Waals surface area contributed by atoms with Crippen LogP contribution in [0.25, 0.3) is 11.0 Å². The number of carbonyl (C=O) groups is 2. The zero-order chi connectivity index (χ0) is 28.1. The zero-order valence-electron chi connectivity index (χ0n) is 22.7. The number of halogens is 1.